The summed E-state index contributed by atoms with van der Waals surface area (Å²) in [6.07, 6.45) is 11.5. The van der Waals surface area contributed by atoms with Gasteiger partial charge in [-0.1, -0.05) is 23.8 Å². The number of nitrogens with one attached hydrogen (secondary N) is 1. The minimum absolute atomic E-state index is 0.0880. The Hall–Kier alpha value is -3.47. The van der Waals surface area contributed by atoms with Gasteiger partial charge in [-0.2, -0.15) is 0 Å². The number of furan rings is 1. The lowest BCUT2D eigenvalue weighted by Gasteiger charge is -2.13. The van der Waals surface area contributed by atoms with E-state index in [2.05, 4.69) is 11.4 Å². The Balaban J connectivity index is 1.55. The van der Waals surface area contributed by atoms with Crippen molar-refractivity contribution in [3.8, 4) is 22.6 Å². The average Bonchev–Trinajstić information content (AvgIpc) is 3.27. The molecule has 5 heteroatoms. The lowest BCUT2D eigenvalue weighted by molar-refractivity contribution is -0.116. The van der Waals surface area contributed by atoms with E-state index in [1.807, 2.05) is 50.2 Å². The number of carbonyl (C=O) groups is 1. The van der Waals surface area contributed by atoms with Gasteiger partial charge in [0.2, 0.25) is 5.91 Å². The van der Waals surface area contributed by atoms with Crippen molar-refractivity contribution in [3.63, 3.8) is 0 Å². The Labute approximate surface area is 201 Å². The quantitative estimate of drug-likeness (QED) is 0.279. The van der Waals surface area contributed by atoms with Crippen molar-refractivity contribution in [2.45, 2.75) is 46.0 Å². The van der Waals surface area contributed by atoms with Crippen molar-refractivity contribution in [2.75, 3.05) is 20.3 Å². The Morgan fingerprint density at radius 2 is 2.00 bits per heavy atom. The molecule has 5 nitrogen and oxygen atoms in total. The van der Waals surface area contributed by atoms with E-state index in [1.54, 1.807) is 19.4 Å². The molecule has 3 aromatic rings. The average molecular weight is 460 g/mol. The maximum atomic E-state index is 12.6. The fourth-order valence-electron chi connectivity index (χ4n) is 4.46. The molecule has 1 aromatic heterocycles. The van der Waals surface area contributed by atoms with E-state index in [4.69, 9.17) is 13.9 Å². The second kappa shape index (κ2) is 11.1. The normalized spacial score (nSPS) is 14.1. The number of fused-ring (bicyclic) bond motifs is 1. The number of rotatable bonds is 9. The number of allylic oxidation sites excluding steroid dienone is 2. The molecule has 178 valence electrons. The van der Waals surface area contributed by atoms with Crippen LogP contribution in [0.1, 0.15) is 51.5 Å². The van der Waals surface area contributed by atoms with Gasteiger partial charge in [0.25, 0.3) is 0 Å². The predicted molar refractivity (Wildman–Crippen MR) is 137 cm³/mol. The first kappa shape index (κ1) is 23.7. The summed E-state index contributed by atoms with van der Waals surface area (Å²) < 4.78 is 17.0. The summed E-state index contributed by atoms with van der Waals surface area (Å²) in [5.74, 6) is 1.43. The standard InChI is InChI=1S/C29H33NO4/c1-4-33-23-12-10-22(11-13-23)26-19-34-28-18-27(32-3)24(17-25(26)28)20(2)16-29(31)30-15-14-21-8-6-5-7-9-21/h8,10-13,16-19H,4-7,9,14-15H2,1-3H3,(H,30,31)/b20-16+. The van der Waals surface area contributed by atoms with Gasteiger partial charge in [-0.15, -0.1) is 0 Å². The molecule has 1 aliphatic rings. The molecule has 0 spiro atoms. The first-order valence-electron chi connectivity index (χ1n) is 12.1. The Bertz CT molecular complexity index is 1200. The van der Waals surface area contributed by atoms with Crippen LogP contribution in [0, 0.1) is 0 Å². The zero-order valence-electron chi connectivity index (χ0n) is 20.3. The van der Waals surface area contributed by atoms with Crippen molar-refractivity contribution in [2.24, 2.45) is 0 Å². The summed E-state index contributed by atoms with van der Waals surface area (Å²) in [6.45, 7) is 5.20. The van der Waals surface area contributed by atoms with E-state index in [1.165, 1.54) is 18.4 Å². The van der Waals surface area contributed by atoms with E-state index in [-0.39, 0.29) is 5.91 Å². The van der Waals surface area contributed by atoms with E-state index in [0.717, 1.165) is 58.2 Å². The molecule has 1 heterocycles. The molecule has 0 saturated carbocycles. The van der Waals surface area contributed by atoms with Crippen LogP contribution in [0.2, 0.25) is 0 Å². The topological polar surface area (TPSA) is 60.7 Å². The first-order chi connectivity index (χ1) is 16.6. The van der Waals surface area contributed by atoms with Gasteiger partial charge >= 0.3 is 0 Å². The van der Waals surface area contributed by atoms with Gasteiger partial charge in [-0.25, -0.2) is 0 Å². The molecule has 0 atom stereocenters. The molecule has 4 rings (SSSR count). The van der Waals surface area contributed by atoms with Crippen molar-refractivity contribution in [1.29, 1.82) is 0 Å². The molecule has 0 fully saturated rings. The van der Waals surface area contributed by atoms with E-state index in [9.17, 15) is 4.79 Å². The maximum absolute atomic E-state index is 12.6. The summed E-state index contributed by atoms with van der Waals surface area (Å²) in [4.78, 5) is 12.6. The minimum atomic E-state index is -0.0880. The van der Waals surface area contributed by atoms with Crippen molar-refractivity contribution in [1.82, 2.24) is 5.32 Å². The monoisotopic (exact) mass is 459 g/mol. The molecular weight excluding hydrogens is 426 g/mol. The Kier molecular flexibility index (Phi) is 7.73. The number of amides is 1. The Morgan fingerprint density at radius 3 is 2.71 bits per heavy atom. The van der Waals surface area contributed by atoms with Crippen LogP contribution in [0.3, 0.4) is 0 Å². The summed E-state index contributed by atoms with van der Waals surface area (Å²) in [5.41, 5.74) is 5.93. The molecule has 0 unspecified atom stereocenters. The third-order valence-corrected chi connectivity index (χ3v) is 6.27. The zero-order chi connectivity index (χ0) is 23.9. The lowest BCUT2D eigenvalue weighted by atomic mass is 9.97. The number of hydrogen-bond donors (Lipinski definition) is 1. The van der Waals surface area contributed by atoms with Crippen LogP contribution in [0.25, 0.3) is 27.7 Å². The highest BCUT2D eigenvalue weighted by Gasteiger charge is 2.15. The fraction of sp³-hybridized carbons (Fsp3) is 0.345. The molecule has 0 radical (unpaired) electrons. The van der Waals surface area contributed by atoms with Gasteiger partial charge in [0.15, 0.2) is 0 Å². The minimum Gasteiger partial charge on any atom is -0.496 e. The number of benzene rings is 2. The molecule has 34 heavy (non-hydrogen) atoms. The lowest BCUT2D eigenvalue weighted by Crippen LogP contribution is -2.23. The molecule has 1 amide bonds. The second-order valence-electron chi connectivity index (χ2n) is 8.63. The number of ether oxygens (including phenoxy) is 2. The van der Waals surface area contributed by atoms with Crippen molar-refractivity contribution < 1.29 is 18.7 Å². The van der Waals surface area contributed by atoms with Gasteiger partial charge in [-0.3, -0.25) is 4.79 Å². The molecule has 0 bridgehead atoms. The third-order valence-electron chi connectivity index (χ3n) is 6.27. The number of carbonyl (C=O) groups excluding carboxylic acids is 1. The van der Waals surface area contributed by atoms with Gasteiger partial charge < -0.3 is 19.2 Å². The van der Waals surface area contributed by atoms with Crippen LogP contribution in [0.4, 0.5) is 0 Å². The zero-order valence-corrected chi connectivity index (χ0v) is 20.3. The molecular formula is C29H33NO4. The maximum Gasteiger partial charge on any atom is 0.244 e. The first-order valence-corrected chi connectivity index (χ1v) is 12.1. The highest BCUT2D eigenvalue weighted by molar-refractivity contribution is 6.00. The van der Waals surface area contributed by atoms with Crippen LogP contribution in [-0.4, -0.2) is 26.2 Å². The SMILES string of the molecule is CCOc1ccc(-c2coc3cc(OC)c(/C(C)=C/C(=O)NCCC4=CCCCC4)cc23)cc1. The molecule has 0 aliphatic heterocycles. The van der Waals surface area contributed by atoms with Gasteiger partial charge in [0, 0.05) is 35.2 Å². The van der Waals surface area contributed by atoms with Crippen molar-refractivity contribution in [3.05, 3.63) is 65.9 Å². The largest absolute Gasteiger partial charge is 0.496 e. The van der Waals surface area contributed by atoms with Gasteiger partial charge in [0.1, 0.15) is 17.1 Å². The Morgan fingerprint density at radius 1 is 1.18 bits per heavy atom. The summed E-state index contributed by atoms with van der Waals surface area (Å²) >= 11 is 0. The van der Waals surface area contributed by atoms with Gasteiger partial charge in [0.05, 0.1) is 20.0 Å². The number of methoxy groups -OCH3 is 1. The fourth-order valence-corrected chi connectivity index (χ4v) is 4.46. The summed E-state index contributed by atoms with van der Waals surface area (Å²) in [7, 11) is 1.63. The smallest absolute Gasteiger partial charge is 0.244 e. The second-order valence-corrected chi connectivity index (χ2v) is 8.63. The molecule has 1 N–H and O–H groups in total. The van der Waals surface area contributed by atoms with E-state index >= 15 is 0 Å². The van der Waals surface area contributed by atoms with E-state index in [0.29, 0.717) is 18.9 Å². The number of hydrogen-bond acceptors (Lipinski definition) is 4. The highest BCUT2D eigenvalue weighted by atomic mass is 16.5. The van der Waals surface area contributed by atoms with Crippen molar-refractivity contribution >= 4 is 22.4 Å². The van der Waals surface area contributed by atoms with Crippen LogP contribution < -0.4 is 14.8 Å². The summed E-state index contributed by atoms with van der Waals surface area (Å²) in [6, 6.07) is 11.9. The van der Waals surface area contributed by atoms with Crippen LogP contribution in [-0.2, 0) is 4.79 Å². The summed E-state index contributed by atoms with van der Waals surface area (Å²) in [5, 5.41) is 4.00. The van der Waals surface area contributed by atoms with E-state index < -0.39 is 0 Å². The predicted octanol–water partition coefficient (Wildman–Crippen LogP) is 6.92. The van der Waals surface area contributed by atoms with Crippen LogP contribution in [0.5, 0.6) is 11.5 Å². The third kappa shape index (κ3) is 5.53. The molecule has 0 saturated heterocycles. The highest BCUT2D eigenvalue weighted by Crippen LogP contribution is 2.37. The van der Waals surface area contributed by atoms with Gasteiger partial charge in [-0.05, 0) is 75.3 Å². The van der Waals surface area contributed by atoms with Crippen LogP contribution in [0.15, 0.2) is 64.8 Å². The van der Waals surface area contributed by atoms with Crippen LogP contribution >= 0.6 is 0 Å². The molecule has 2 aromatic carbocycles. The molecule has 1 aliphatic carbocycles.